The number of alkyl halides is 2. The Hall–Kier alpha value is -1.19. The second-order valence-corrected chi connectivity index (χ2v) is 4.66. The van der Waals surface area contributed by atoms with Crippen molar-refractivity contribution in [2.45, 2.75) is 4.33 Å². The van der Waals surface area contributed by atoms with E-state index >= 15 is 0 Å². The van der Waals surface area contributed by atoms with Crippen LogP contribution in [0.4, 0.5) is 0 Å². The number of rotatable bonds is 2. The molecule has 0 aliphatic carbocycles. The molecule has 0 radical (unpaired) electrons. The van der Waals surface area contributed by atoms with Crippen molar-refractivity contribution in [3.63, 3.8) is 0 Å². The van der Waals surface area contributed by atoms with Gasteiger partial charge in [-0.25, -0.2) is 4.79 Å². The Morgan fingerprint density at radius 2 is 2.06 bits per heavy atom. The minimum Gasteiger partial charge on any atom is -0.466 e. The lowest BCUT2D eigenvalue weighted by Gasteiger charge is -2.14. The maximum atomic E-state index is 11.4. The molecule has 16 heavy (non-hydrogen) atoms. The third kappa shape index (κ3) is 1.77. The lowest BCUT2D eigenvalue weighted by Crippen LogP contribution is -2.25. The minimum absolute atomic E-state index is 0.406. The van der Waals surface area contributed by atoms with Crippen molar-refractivity contribution in [3.8, 4) is 0 Å². The number of ether oxygens (including phenoxy) is 1. The molecule has 2 rings (SSSR count). The van der Waals surface area contributed by atoms with E-state index in [9.17, 15) is 4.79 Å². The molecule has 1 N–H and O–H groups in total. The number of fused-ring (bicyclic) bond motifs is 1. The summed E-state index contributed by atoms with van der Waals surface area (Å²) in [5, 5.41) is 0.937. The summed E-state index contributed by atoms with van der Waals surface area (Å²) in [6.45, 7) is 0. The van der Waals surface area contributed by atoms with Gasteiger partial charge in [-0.3, -0.25) is 0 Å². The number of halogens is 2. The zero-order chi connectivity index (χ0) is 11.8. The van der Waals surface area contributed by atoms with Gasteiger partial charge in [-0.1, -0.05) is 41.4 Å². The SMILES string of the molecule is COC(=O)C(Cl)(Cl)c1cc2ccccc2[nH]1. The van der Waals surface area contributed by atoms with Gasteiger partial charge < -0.3 is 9.72 Å². The van der Waals surface area contributed by atoms with Crippen molar-refractivity contribution in [2.75, 3.05) is 7.11 Å². The molecule has 0 amide bonds. The fourth-order valence-electron chi connectivity index (χ4n) is 1.48. The van der Waals surface area contributed by atoms with Crippen LogP contribution in [0.2, 0.25) is 0 Å². The molecule has 5 heteroatoms. The molecule has 1 aromatic carbocycles. The van der Waals surface area contributed by atoms with Crippen molar-refractivity contribution in [2.24, 2.45) is 0 Å². The first-order valence-corrected chi connectivity index (χ1v) is 5.36. The fraction of sp³-hybridized carbons (Fsp3) is 0.182. The van der Waals surface area contributed by atoms with Gasteiger partial charge in [0.2, 0.25) is 0 Å². The van der Waals surface area contributed by atoms with Crippen molar-refractivity contribution in [1.82, 2.24) is 4.98 Å². The van der Waals surface area contributed by atoms with E-state index < -0.39 is 10.3 Å². The summed E-state index contributed by atoms with van der Waals surface area (Å²) >= 11 is 11.9. The second kappa shape index (κ2) is 4.00. The second-order valence-electron chi connectivity index (χ2n) is 3.34. The third-order valence-electron chi connectivity index (χ3n) is 2.31. The number of hydrogen-bond donors (Lipinski definition) is 1. The Bertz CT molecular complexity index is 501. The Balaban J connectivity index is 2.51. The molecule has 84 valence electrons. The first-order chi connectivity index (χ1) is 7.55. The van der Waals surface area contributed by atoms with Gasteiger partial charge in [-0.05, 0) is 17.5 Å². The molecule has 0 spiro atoms. The number of hydrogen-bond acceptors (Lipinski definition) is 2. The third-order valence-corrected chi connectivity index (χ3v) is 3.03. The van der Waals surface area contributed by atoms with Crippen molar-refractivity contribution in [1.29, 1.82) is 0 Å². The maximum absolute atomic E-state index is 11.4. The van der Waals surface area contributed by atoms with E-state index in [1.165, 1.54) is 7.11 Å². The first-order valence-electron chi connectivity index (χ1n) is 4.60. The van der Waals surface area contributed by atoms with Crippen LogP contribution in [0.15, 0.2) is 30.3 Å². The quantitative estimate of drug-likeness (QED) is 0.664. The molecule has 2 aromatic rings. The zero-order valence-corrected chi connectivity index (χ0v) is 9.97. The highest BCUT2D eigenvalue weighted by Crippen LogP contribution is 2.36. The molecule has 0 aliphatic heterocycles. The van der Waals surface area contributed by atoms with E-state index in [-0.39, 0.29) is 0 Å². The summed E-state index contributed by atoms with van der Waals surface area (Å²) in [4.78, 5) is 14.4. The van der Waals surface area contributed by atoms with Crippen LogP contribution >= 0.6 is 23.2 Å². The monoisotopic (exact) mass is 257 g/mol. The predicted molar refractivity (Wildman–Crippen MR) is 63.7 cm³/mol. The predicted octanol–water partition coefficient (Wildman–Crippen LogP) is 2.97. The van der Waals surface area contributed by atoms with Gasteiger partial charge in [0.15, 0.2) is 0 Å². The van der Waals surface area contributed by atoms with Crippen LogP contribution in [-0.4, -0.2) is 18.1 Å². The van der Waals surface area contributed by atoms with Crippen LogP contribution in [0.1, 0.15) is 5.69 Å². The van der Waals surface area contributed by atoms with Crippen LogP contribution in [-0.2, 0) is 13.9 Å². The molecule has 0 fully saturated rings. The smallest absolute Gasteiger partial charge is 0.348 e. The number of para-hydroxylation sites is 1. The Labute approximate surface area is 102 Å². The average Bonchev–Trinajstić information content (AvgIpc) is 2.72. The van der Waals surface area contributed by atoms with Gasteiger partial charge in [0, 0.05) is 5.52 Å². The number of carbonyl (C=O) groups is 1. The van der Waals surface area contributed by atoms with Crippen LogP contribution < -0.4 is 0 Å². The number of aromatic nitrogens is 1. The molecular weight excluding hydrogens is 249 g/mol. The van der Waals surface area contributed by atoms with Gasteiger partial charge in [-0.2, -0.15) is 0 Å². The molecule has 0 saturated carbocycles. The number of aromatic amines is 1. The van der Waals surface area contributed by atoms with Crippen molar-refractivity contribution >= 4 is 40.1 Å². The van der Waals surface area contributed by atoms with Crippen LogP contribution in [0.3, 0.4) is 0 Å². The van der Waals surface area contributed by atoms with Crippen LogP contribution in [0.5, 0.6) is 0 Å². The molecule has 0 aliphatic rings. The molecule has 0 atom stereocenters. The van der Waals surface area contributed by atoms with E-state index in [1.54, 1.807) is 6.07 Å². The summed E-state index contributed by atoms with van der Waals surface area (Å²) in [5.74, 6) is -0.706. The van der Waals surface area contributed by atoms with Gasteiger partial charge >= 0.3 is 5.97 Å². The molecule has 0 unspecified atom stereocenters. The van der Waals surface area contributed by atoms with E-state index in [4.69, 9.17) is 23.2 Å². The number of H-pyrrole nitrogens is 1. The highest BCUT2D eigenvalue weighted by molar-refractivity contribution is 6.56. The number of benzene rings is 1. The zero-order valence-electron chi connectivity index (χ0n) is 8.46. The summed E-state index contributed by atoms with van der Waals surface area (Å²) in [6, 6.07) is 9.27. The Kier molecular flexibility index (Phi) is 2.82. The lowest BCUT2D eigenvalue weighted by molar-refractivity contribution is -0.141. The fourth-order valence-corrected chi connectivity index (χ4v) is 1.84. The topological polar surface area (TPSA) is 42.1 Å². The highest BCUT2D eigenvalue weighted by atomic mass is 35.5. The highest BCUT2D eigenvalue weighted by Gasteiger charge is 2.38. The van der Waals surface area contributed by atoms with Crippen molar-refractivity contribution in [3.05, 3.63) is 36.0 Å². The van der Waals surface area contributed by atoms with Crippen LogP contribution in [0, 0.1) is 0 Å². The number of carbonyl (C=O) groups excluding carboxylic acids is 1. The number of nitrogens with one attached hydrogen (secondary N) is 1. The van der Waals surface area contributed by atoms with Crippen LogP contribution in [0.25, 0.3) is 10.9 Å². The molecular formula is C11H9Cl2NO2. The van der Waals surface area contributed by atoms with E-state index in [1.807, 2.05) is 24.3 Å². The Morgan fingerprint density at radius 1 is 1.38 bits per heavy atom. The molecule has 1 heterocycles. The summed E-state index contributed by atoms with van der Waals surface area (Å²) < 4.78 is 2.84. The first kappa shape index (κ1) is 11.3. The Morgan fingerprint density at radius 3 is 2.69 bits per heavy atom. The normalized spacial score (nSPS) is 11.7. The maximum Gasteiger partial charge on any atom is 0.348 e. The number of methoxy groups -OCH3 is 1. The summed E-state index contributed by atoms with van der Waals surface area (Å²) in [7, 11) is 1.24. The van der Waals surface area contributed by atoms with E-state index in [0.717, 1.165) is 10.9 Å². The minimum atomic E-state index is -1.70. The largest absolute Gasteiger partial charge is 0.466 e. The van der Waals surface area contributed by atoms with Gasteiger partial charge in [-0.15, -0.1) is 0 Å². The van der Waals surface area contributed by atoms with Gasteiger partial charge in [0.05, 0.1) is 12.8 Å². The summed E-state index contributed by atoms with van der Waals surface area (Å²) in [5.41, 5.74) is 1.27. The van der Waals surface area contributed by atoms with E-state index in [0.29, 0.717) is 5.69 Å². The number of esters is 1. The molecule has 1 aromatic heterocycles. The van der Waals surface area contributed by atoms with E-state index in [2.05, 4.69) is 9.72 Å². The van der Waals surface area contributed by atoms with Crippen molar-refractivity contribution < 1.29 is 9.53 Å². The standard InChI is InChI=1S/C11H9Cl2NO2/c1-16-10(15)11(12,13)9-6-7-4-2-3-5-8(7)14-9/h2-6,14H,1H3. The summed E-state index contributed by atoms with van der Waals surface area (Å²) in [6.07, 6.45) is 0. The lowest BCUT2D eigenvalue weighted by atomic mass is 10.2. The molecule has 0 bridgehead atoms. The molecule has 3 nitrogen and oxygen atoms in total. The average molecular weight is 258 g/mol. The van der Waals surface area contributed by atoms with Gasteiger partial charge in [0.1, 0.15) is 0 Å². The molecule has 0 saturated heterocycles. The van der Waals surface area contributed by atoms with Gasteiger partial charge in [0.25, 0.3) is 4.33 Å².